The van der Waals surface area contributed by atoms with Crippen LogP contribution in [0.4, 0.5) is 0 Å². The van der Waals surface area contributed by atoms with Crippen molar-refractivity contribution in [2.45, 2.75) is 45.6 Å². The summed E-state index contributed by atoms with van der Waals surface area (Å²) in [5.74, 6) is -0.156. The molecule has 21 heavy (non-hydrogen) atoms. The standard InChI is InChI=1S/C18H21NO2/c1-18(2,3)21-17(20)11-13-7-6-9-16-15(13)12-14-8-4-5-10-19(14)16/h4-5,7-8,10,12H,6,9,11H2,1-3H3. The molecule has 1 aliphatic rings. The van der Waals surface area contributed by atoms with Gasteiger partial charge in [0.1, 0.15) is 5.60 Å². The zero-order chi connectivity index (χ0) is 15.0. The summed E-state index contributed by atoms with van der Waals surface area (Å²) in [4.78, 5) is 12.1. The maximum Gasteiger partial charge on any atom is 0.310 e. The molecule has 0 N–H and O–H groups in total. The summed E-state index contributed by atoms with van der Waals surface area (Å²) in [5.41, 5.74) is 4.33. The first-order chi connectivity index (χ1) is 9.94. The van der Waals surface area contributed by atoms with Crippen LogP contribution in [0, 0.1) is 0 Å². The third-order valence-electron chi connectivity index (χ3n) is 3.66. The summed E-state index contributed by atoms with van der Waals surface area (Å²) in [6.07, 6.45) is 6.61. The van der Waals surface area contributed by atoms with Gasteiger partial charge < -0.3 is 9.14 Å². The second-order valence-corrected chi connectivity index (χ2v) is 6.53. The summed E-state index contributed by atoms with van der Waals surface area (Å²) < 4.78 is 7.66. The Hall–Kier alpha value is -2.03. The summed E-state index contributed by atoms with van der Waals surface area (Å²) in [5, 5.41) is 0. The number of carbonyl (C=O) groups is 1. The van der Waals surface area contributed by atoms with Crippen molar-refractivity contribution < 1.29 is 9.53 Å². The molecule has 0 aromatic carbocycles. The molecule has 3 rings (SSSR count). The van der Waals surface area contributed by atoms with E-state index in [0.29, 0.717) is 6.42 Å². The lowest BCUT2D eigenvalue weighted by Crippen LogP contribution is -2.24. The Morgan fingerprint density at radius 1 is 1.33 bits per heavy atom. The molecule has 3 nitrogen and oxygen atoms in total. The quantitative estimate of drug-likeness (QED) is 0.780. The van der Waals surface area contributed by atoms with E-state index in [0.717, 1.165) is 18.4 Å². The van der Waals surface area contributed by atoms with Crippen LogP contribution in [-0.2, 0) is 16.0 Å². The summed E-state index contributed by atoms with van der Waals surface area (Å²) in [6.45, 7) is 5.70. The minimum Gasteiger partial charge on any atom is -0.460 e. The molecular weight excluding hydrogens is 262 g/mol. The van der Waals surface area contributed by atoms with Gasteiger partial charge in [0.25, 0.3) is 0 Å². The Morgan fingerprint density at radius 3 is 2.90 bits per heavy atom. The van der Waals surface area contributed by atoms with Crippen LogP contribution in [0.5, 0.6) is 0 Å². The highest BCUT2D eigenvalue weighted by Crippen LogP contribution is 2.32. The first kappa shape index (κ1) is 13.9. The number of hydrogen-bond donors (Lipinski definition) is 0. The average Bonchev–Trinajstić information content (AvgIpc) is 2.76. The molecule has 1 aliphatic carbocycles. The molecule has 0 bridgehead atoms. The van der Waals surface area contributed by atoms with Gasteiger partial charge in [0.2, 0.25) is 0 Å². The van der Waals surface area contributed by atoms with E-state index in [9.17, 15) is 4.79 Å². The summed E-state index contributed by atoms with van der Waals surface area (Å²) >= 11 is 0. The number of aromatic nitrogens is 1. The lowest BCUT2D eigenvalue weighted by Gasteiger charge is -2.21. The molecule has 0 aliphatic heterocycles. The first-order valence-corrected chi connectivity index (χ1v) is 7.44. The highest BCUT2D eigenvalue weighted by Gasteiger charge is 2.22. The highest BCUT2D eigenvalue weighted by molar-refractivity contribution is 5.88. The smallest absolute Gasteiger partial charge is 0.310 e. The van der Waals surface area contributed by atoms with Crippen molar-refractivity contribution in [2.24, 2.45) is 0 Å². The largest absolute Gasteiger partial charge is 0.460 e. The molecule has 0 saturated carbocycles. The molecule has 0 saturated heterocycles. The van der Waals surface area contributed by atoms with E-state index in [1.54, 1.807) is 0 Å². The van der Waals surface area contributed by atoms with E-state index in [1.165, 1.54) is 16.8 Å². The van der Waals surface area contributed by atoms with E-state index in [2.05, 4.69) is 28.8 Å². The molecule has 0 radical (unpaired) electrons. The fourth-order valence-corrected chi connectivity index (χ4v) is 2.91. The Kier molecular flexibility index (Phi) is 3.36. The second kappa shape index (κ2) is 5.06. The van der Waals surface area contributed by atoms with Crippen molar-refractivity contribution >= 4 is 17.1 Å². The number of hydrogen-bond acceptors (Lipinski definition) is 2. The Balaban J connectivity index is 1.89. The van der Waals surface area contributed by atoms with Gasteiger partial charge in [-0.15, -0.1) is 0 Å². The molecule has 2 aromatic rings. The zero-order valence-corrected chi connectivity index (χ0v) is 12.8. The van der Waals surface area contributed by atoms with Crippen LogP contribution in [0.25, 0.3) is 11.1 Å². The van der Waals surface area contributed by atoms with Crippen LogP contribution in [0.3, 0.4) is 0 Å². The fourth-order valence-electron chi connectivity index (χ4n) is 2.91. The number of ether oxygens (including phenoxy) is 1. The van der Waals surface area contributed by atoms with E-state index in [-0.39, 0.29) is 5.97 Å². The Bertz CT molecular complexity index is 716. The molecule has 3 heteroatoms. The number of fused-ring (bicyclic) bond motifs is 3. The van der Waals surface area contributed by atoms with E-state index in [1.807, 2.05) is 32.9 Å². The number of pyridine rings is 1. The maximum atomic E-state index is 12.1. The molecule has 0 unspecified atom stereocenters. The third-order valence-corrected chi connectivity index (χ3v) is 3.66. The number of allylic oxidation sites excluding steroid dienone is 1. The maximum absolute atomic E-state index is 12.1. The van der Waals surface area contributed by atoms with Gasteiger partial charge in [0, 0.05) is 17.4 Å². The van der Waals surface area contributed by atoms with Gasteiger partial charge in [-0.3, -0.25) is 4.79 Å². The van der Waals surface area contributed by atoms with Crippen molar-refractivity contribution in [3.05, 3.63) is 47.8 Å². The van der Waals surface area contributed by atoms with Crippen LogP contribution >= 0.6 is 0 Å². The van der Waals surface area contributed by atoms with Crippen molar-refractivity contribution in [3.8, 4) is 0 Å². The molecule has 110 valence electrons. The minimum atomic E-state index is -0.430. The van der Waals surface area contributed by atoms with Crippen molar-refractivity contribution in [3.63, 3.8) is 0 Å². The van der Waals surface area contributed by atoms with Crippen molar-refractivity contribution in [1.82, 2.24) is 4.40 Å². The number of carbonyl (C=O) groups excluding carboxylic acids is 1. The SMILES string of the molecule is CC(C)(C)OC(=O)CC1=CCCc2c1cc1ccccn21. The van der Waals surface area contributed by atoms with Crippen LogP contribution in [-0.4, -0.2) is 16.0 Å². The fraction of sp³-hybridized carbons (Fsp3) is 0.389. The Morgan fingerprint density at radius 2 is 2.14 bits per heavy atom. The molecule has 0 spiro atoms. The van der Waals surface area contributed by atoms with Gasteiger partial charge in [-0.05, 0) is 62.9 Å². The lowest BCUT2D eigenvalue weighted by atomic mass is 9.94. The van der Waals surface area contributed by atoms with Gasteiger partial charge in [-0.1, -0.05) is 12.1 Å². The molecule has 2 aromatic heterocycles. The third kappa shape index (κ3) is 2.87. The number of nitrogens with zero attached hydrogens (tertiary/aromatic N) is 1. The van der Waals surface area contributed by atoms with Crippen LogP contribution in [0.2, 0.25) is 0 Å². The minimum absolute atomic E-state index is 0.156. The molecule has 0 amide bonds. The van der Waals surface area contributed by atoms with Gasteiger partial charge >= 0.3 is 5.97 Å². The Labute approximate surface area is 125 Å². The summed E-state index contributed by atoms with van der Waals surface area (Å²) in [6, 6.07) is 8.35. The van der Waals surface area contributed by atoms with Crippen LogP contribution < -0.4 is 0 Å². The molecule has 2 heterocycles. The normalized spacial score (nSPS) is 14.7. The first-order valence-electron chi connectivity index (χ1n) is 7.44. The van der Waals surface area contributed by atoms with Gasteiger partial charge in [-0.2, -0.15) is 0 Å². The van der Waals surface area contributed by atoms with E-state index < -0.39 is 5.60 Å². The lowest BCUT2D eigenvalue weighted by molar-refractivity contribution is -0.153. The molecule has 0 atom stereocenters. The topological polar surface area (TPSA) is 30.7 Å². The summed E-state index contributed by atoms with van der Waals surface area (Å²) in [7, 11) is 0. The second-order valence-electron chi connectivity index (χ2n) is 6.53. The number of aryl methyl sites for hydroxylation is 1. The molecule has 0 fully saturated rings. The zero-order valence-electron chi connectivity index (χ0n) is 12.8. The predicted octanol–water partition coefficient (Wildman–Crippen LogP) is 4.00. The van der Waals surface area contributed by atoms with Crippen molar-refractivity contribution in [2.75, 3.05) is 0 Å². The predicted molar refractivity (Wildman–Crippen MR) is 84.2 cm³/mol. The van der Waals surface area contributed by atoms with Crippen LogP contribution in [0.1, 0.15) is 44.9 Å². The monoisotopic (exact) mass is 283 g/mol. The van der Waals surface area contributed by atoms with Gasteiger partial charge in [0.05, 0.1) is 6.42 Å². The van der Waals surface area contributed by atoms with Crippen LogP contribution in [0.15, 0.2) is 36.5 Å². The van der Waals surface area contributed by atoms with E-state index in [4.69, 9.17) is 4.74 Å². The number of esters is 1. The highest BCUT2D eigenvalue weighted by atomic mass is 16.6. The van der Waals surface area contributed by atoms with E-state index >= 15 is 0 Å². The number of rotatable bonds is 2. The molecular formula is C18H21NO2. The van der Waals surface area contributed by atoms with Crippen molar-refractivity contribution in [1.29, 1.82) is 0 Å². The van der Waals surface area contributed by atoms with Gasteiger partial charge in [-0.25, -0.2) is 0 Å². The van der Waals surface area contributed by atoms with Gasteiger partial charge in [0.15, 0.2) is 0 Å². The average molecular weight is 283 g/mol.